The summed E-state index contributed by atoms with van der Waals surface area (Å²) in [6.07, 6.45) is -3.34. The van der Waals surface area contributed by atoms with Crippen molar-refractivity contribution in [3.8, 4) is 0 Å². The van der Waals surface area contributed by atoms with Gasteiger partial charge in [-0.15, -0.1) is 5.10 Å². The van der Waals surface area contributed by atoms with Gasteiger partial charge in [-0.2, -0.15) is 22.6 Å². The molecule has 10 nitrogen and oxygen atoms in total. The standard InChI is InChI=1S/C21H28F3N7O3S/c22-21(23,24)17-3-4-26-20(13-17)30-5-7-31(8-6-30)35(32,33)12-11-34-10-9-29-14-16(15-29)18-1-2-19(25)28-27-18/h1-4,13,16H,5-12,14-15H2,(H2,25,28). The van der Waals surface area contributed by atoms with Crippen molar-refractivity contribution in [3.63, 3.8) is 0 Å². The molecule has 2 aliphatic heterocycles. The van der Waals surface area contributed by atoms with Gasteiger partial charge in [-0.3, -0.25) is 4.90 Å². The minimum absolute atomic E-state index is 0.0818. The van der Waals surface area contributed by atoms with Gasteiger partial charge in [0, 0.05) is 57.9 Å². The summed E-state index contributed by atoms with van der Waals surface area (Å²) >= 11 is 0. The van der Waals surface area contributed by atoms with Crippen LogP contribution in [0.4, 0.5) is 24.8 Å². The number of ether oxygens (including phenoxy) is 1. The topological polar surface area (TPSA) is 118 Å². The predicted octanol–water partition coefficient (Wildman–Crippen LogP) is 1.04. The average molecular weight is 516 g/mol. The highest BCUT2D eigenvalue weighted by Gasteiger charge is 2.33. The Morgan fingerprint density at radius 2 is 1.80 bits per heavy atom. The molecule has 0 aliphatic carbocycles. The maximum absolute atomic E-state index is 12.9. The van der Waals surface area contributed by atoms with Crippen LogP contribution in [0.2, 0.25) is 0 Å². The zero-order chi connectivity index (χ0) is 25.1. The lowest BCUT2D eigenvalue weighted by Crippen LogP contribution is -2.50. The van der Waals surface area contributed by atoms with E-state index in [1.54, 1.807) is 11.0 Å². The van der Waals surface area contributed by atoms with Crippen LogP contribution in [0.1, 0.15) is 17.2 Å². The number of nitrogens with two attached hydrogens (primary N) is 1. The van der Waals surface area contributed by atoms with Crippen molar-refractivity contribution in [2.24, 2.45) is 0 Å². The fourth-order valence-electron chi connectivity index (χ4n) is 4.06. The molecular formula is C21H28F3N7O3S. The minimum atomic E-state index is -4.45. The number of hydrogen-bond donors (Lipinski definition) is 1. The highest BCUT2D eigenvalue weighted by Crippen LogP contribution is 2.31. The van der Waals surface area contributed by atoms with Gasteiger partial charge in [-0.05, 0) is 24.3 Å². The Bertz CT molecular complexity index is 1090. The second-order valence-electron chi connectivity index (χ2n) is 8.55. The van der Waals surface area contributed by atoms with E-state index >= 15 is 0 Å². The Hall–Kier alpha value is -2.55. The first-order valence-electron chi connectivity index (χ1n) is 11.3. The molecule has 2 aliphatic rings. The molecule has 35 heavy (non-hydrogen) atoms. The molecule has 0 saturated carbocycles. The van der Waals surface area contributed by atoms with E-state index in [9.17, 15) is 21.6 Å². The molecule has 0 atom stereocenters. The molecule has 0 unspecified atom stereocenters. The normalized spacial score (nSPS) is 18.5. The van der Waals surface area contributed by atoms with E-state index in [1.165, 1.54) is 4.31 Å². The molecule has 0 radical (unpaired) electrons. The SMILES string of the molecule is Nc1ccc(C2CN(CCOCCS(=O)(=O)N3CCN(c4cc(C(F)(F)F)ccn4)CC3)C2)nn1. The summed E-state index contributed by atoms with van der Waals surface area (Å²) < 4.78 is 71.0. The first-order chi connectivity index (χ1) is 16.6. The number of piperazine rings is 1. The van der Waals surface area contributed by atoms with Crippen LogP contribution in [0.15, 0.2) is 30.5 Å². The van der Waals surface area contributed by atoms with Crippen LogP contribution in [0.25, 0.3) is 0 Å². The van der Waals surface area contributed by atoms with Crippen LogP contribution in [0.5, 0.6) is 0 Å². The Labute approximate surface area is 201 Å². The summed E-state index contributed by atoms with van der Waals surface area (Å²) in [5, 5.41) is 7.96. The lowest BCUT2D eigenvalue weighted by molar-refractivity contribution is -0.137. The van der Waals surface area contributed by atoms with Gasteiger partial charge in [-0.25, -0.2) is 13.4 Å². The van der Waals surface area contributed by atoms with E-state index in [-0.39, 0.29) is 44.4 Å². The number of pyridine rings is 1. The van der Waals surface area contributed by atoms with Gasteiger partial charge in [0.1, 0.15) is 11.6 Å². The van der Waals surface area contributed by atoms with E-state index < -0.39 is 21.8 Å². The molecule has 2 saturated heterocycles. The molecule has 0 bridgehead atoms. The van der Waals surface area contributed by atoms with E-state index in [2.05, 4.69) is 20.1 Å². The fourth-order valence-corrected chi connectivity index (χ4v) is 5.37. The summed E-state index contributed by atoms with van der Waals surface area (Å²) in [5.41, 5.74) is 5.68. The van der Waals surface area contributed by atoms with Crippen LogP contribution in [0.3, 0.4) is 0 Å². The minimum Gasteiger partial charge on any atom is -0.382 e. The number of anilines is 2. The Kier molecular flexibility index (Phi) is 7.73. The van der Waals surface area contributed by atoms with Crippen LogP contribution >= 0.6 is 0 Å². The Balaban J connectivity index is 1.14. The summed E-state index contributed by atoms with van der Waals surface area (Å²) in [7, 11) is -3.52. The van der Waals surface area contributed by atoms with E-state index in [0.29, 0.717) is 24.9 Å². The van der Waals surface area contributed by atoms with Crippen molar-refractivity contribution < 1.29 is 26.3 Å². The highest BCUT2D eigenvalue weighted by molar-refractivity contribution is 7.89. The number of likely N-dealkylation sites (tertiary alicyclic amines) is 1. The number of hydrogen-bond acceptors (Lipinski definition) is 9. The smallest absolute Gasteiger partial charge is 0.382 e. The fraction of sp³-hybridized carbons (Fsp3) is 0.571. The Morgan fingerprint density at radius 3 is 2.46 bits per heavy atom. The lowest BCUT2D eigenvalue weighted by atomic mass is 9.96. The number of nitrogen functional groups attached to an aromatic ring is 1. The summed E-state index contributed by atoms with van der Waals surface area (Å²) in [6.45, 7) is 3.78. The molecule has 2 aromatic heterocycles. The molecule has 4 rings (SSSR count). The van der Waals surface area contributed by atoms with Gasteiger partial charge in [0.15, 0.2) is 0 Å². The molecular weight excluding hydrogens is 487 g/mol. The van der Waals surface area contributed by atoms with Crippen molar-refractivity contribution in [2.45, 2.75) is 12.1 Å². The number of aromatic nitrogens is 3. The van der Waals surface area contributed by atoms with Gasteiger partial charge in [0.25, 0.3) is 0 Å². The predicted molar refractivity (Wildman–Crippen MR) is 123 cm³/mol. The quantitative estimate of drug-likeness (QED) is 0.489. The molecule has 2 fully saturated rings. The third-order valence-electron chi connectivity index (χ3n) is 6.15. The second kappa shape index (κ2) is 10.6. The number of sulfonamides is 1. The van der Waals surface area contributed by atoms with Crippen LogP contribution in [-0.2, 0) is 20.9 Å². The highest BCUT2D eigenvalue weighted by atomic mass is 32.2. The maximum Gasteiger partial charge on any atom is 0.416 e. The first-order valence-corrected chi connectivity index (χ1v) is 12.9. The molecule has 14 heteroatoms. The molecule has 4 heterocycles. The number of nitrogens with zero attached hydrogens (tertiary/aromatic N) is 6. The van der Waals surface area contributed by atoms with Gasteiger partial charge < -0.3 is 15.4 Å². The lowest BCUT2D eigenvalue weighted by Gasteiger charge is -2.38. The van der Waals surface area contributed by atoms with Crippen molar-refractivity contribution >= 4 is 21.7 Å². The van der Waals surface area contributed by atoms with Crippen LogP contribution < -0.4 is 10.6 Å². The maximum atomic E-state index is 12.9. The molecule has 0 amide bonds. The molecule has 0 aromatic carbocycles. The largest absolute Gasteiger partial charge is 0.416 e. The van der Waals surface area contributed by atoms with E-state index in [1.807, 2.05) is 6.07 Å². The van der Waals surface area contributed by atoms with Gasteiger partial charge in [0.05, 0.1) is 30.2 Å². The van der Waals surface area contributed by atoms with Crippen LogP contribution in [0, 0.1) is 0 Å². The third-order valence-corrected chi connectivity index (χ3v) is 7.98. The summed E-state index contributed by atoms with van der Waals surface area (Å²) in [6, 6.07) is 5.51. The number of alkyl halides is 3. The Morgan fingerprint density at radius 1 is 1.06 bits per heavy atom. The van der Waals surface area contributed by atoms with Crippen LogP contribution in [-0.4, -0.2) is 97.6 Å². The van der Waals surface area contributed by atoms with Crippen molar-refractivity contribution in [3.05, 3.63) is 41.7 Å². The number of rotatable bonds is 9. The summed E-state index contributed by atoms with van der Waals surface area (Å²) in [4.78, 5) is 7.86. The van der Waals surface area contributed by atoms with Gasteiger partial charge in [-0.1, -0.05) is 0 Å². The monoisotopic (exact) mass is 515 g/mol. The second-order valence-corrected chi connectivity index (χ2v) is 10.6. The van der Waals surface area contributed by atoms with Crippen molar-refractivity contribution in [1.82, 2.24) is 24.4 Å². The van der Waals surface area contributed by atoms with Gasteiger partial charge in [0.2, 0.25) is 10.0 Å². The zero-order valence-corrected chi connectivity index (χ0v) is 19.9. The molecule has 0 spiro atoms. The first kappa shape index (κ1) is 25.5. The molecule has 192 valence electrons. The third kappa shape index (κ3) is 6.57. The van der Waals surface area contributed by atoms with E-state index in [0.717, 1.165) is 37.1 Å². The zero-order valence-electron chi connectivity index (χ0n) is 19.1. The van der Waals surface area contributed by atoms with Crippen molar-refractivity contribution in [1.29, 1.82) is 0 Å². The average Bonchev–Trinajstić information content (AvgIpc) is 2.80. The molecule has 2 N–H and O–H groups in total. The van der Waals surface area contributed by atoms with Gasteiger partial charge >= 0.3 is 6.18 Å². The summed E-state index contributed by atoms with van der Waals surface area (Å²) in [5.74, 6) is 0.756. The number of halogens is 3. The van der Waals surface area contributed by atoms with E-state index in [4.69, 9.17) is 10.5 Å². The molecule has 2 aromatic rings. The van der Waals surface area contributed by atoms with Crippen molar-refractivity contribution in [2.75, 3.05) is 75.4 Å².